The number of rotatable bonds is 1. The monoisotopic (exact) mass is 352 g/mol. The summed E-state index contributed by atoms with van der Waals surface area (Å²) in [6.07, 6.45) is 1.71. The van der Waals surface area contributed by atoms with Crippen LogP contribution in [-0.4, -0.2) is 15.1 Å². The summed E-state index contributed by atoms with van der Waals surface area (Å²) in [5, 5.41) is 7.65. The second kappa shape index (κ2) is 4.25. The molecule has 0 amide bonds. The third-order valence-electron chi connectivity index (χ3n) is 1.45. The minimum absolute atomic E-state index is 0. The first-order valence-electron chi connectivity index (χ1n) is 3.61. The summed E-state index contributed by atoms with van der Waals surface area (Å²) in [5.74, 6) is 1.27. The van der Waals surface area contributed by atoms with E-state index in [0.717, 1.165) is 5.69 Å². The zero-order valence-corrected chi connectivity index (χ0v) is 9.33. The fraction of sp³-hybridized carbons (Fsp3) is 0.125. The third-order valence-corrected chi connectivity index (χ3v) is 1.45. The second-order valence-electron chi connectivity index (χ2n) is 2.40. The normalized spacial score (nSPS) is 9.31. The van der Waals surface area contributed by atoms with E-state index in [0.29, 0.717) is 11.6 Å². The molecule has 0 fully saturated rings. The van der Waals surface area contributed by atoms with Gasteiger partial charge in [-0.1, -0.05) is 6.07 Å². The van der Waals surface area contributed by atoms with E-state index >= 15 is 0 Å². The molecule has 4 nitrogen and oxygen atoms in total. The fourth-order valence-electron chi connectivity index (χ4n) is 0.921. The SMILES string of the molecule is Cc1n[n-]c(-c2ccccn2)n1.[Ir]. The number of pyridine rings is 1. The van der Waals surface area contributed by atoms with Gasteiger partial charge in [0.25, 0.3) is 0 Å². The first-order valence-corrected chi connectivity index (χ1v) is 3.61. The molecule has 2 heterocycles. The number of aryl methyl sites for hydroxylation is 1. The molecule has 0 saturated carbocycles. The smallest absolute Gasteiger partial charge is 0.0634 e. The number of hydrogen-bond donors (Lipinski definition) is 0. The maximum absolute atomic E-state index is 4.10. The molecule has 13 heavy (non-hydrogen) atoms. The summed E-state index contributed by atoms with van der Waals surface area (Å²) in [5.41, 5.74) is 0.762. The molecular weight excluding hydrogens is 344 g/mol. The van der Waals surface area contributed by atoms with Gasteiger partial charge >= 0.3 is 0 Å². The van der Waals surface area contributed by atoms with Gasteiger partial charge in [0.05, 0.1) is 5.69 Å². The van der Waals surface area contributed by atoms with Crippen LogP contribution in [0.15, 0.2) is 24.4 Å². The van der Waals surface area contributed by atoms with Gasteiger partial charge in [-0.05, 0) is 24.9 Å². The molecule has 0 N–H and O–H groups in total. The maximum atomic E-state index is 4.10. The molecule has 0 aliphatic heterocycles. The van der Waals surface area contributed by atoms with Crippen molar-refractivity contribution in [3.63, 3.8) is 0 Å². The Morgan fingerprint density at radius 3 is 2.69 bits per heavy atom. The van der Waals surface area contributed by atoms with E-state index in [1.165, 1.54) is 0 Å². The van der Waals surface area contributed by atoms with Gasteiger partial charge in [-0.2, -0.15) is 0 Å². The van der Waals surface area contributed by atoms with E-state index in [4.69, 9.17) is 0 Å². The van der Waals surface area contributed by atoms with Crippen molar-refractivity contribution in [2.24, 2.45) is 0 Å². The van der Waals surface area contributed by atoms with Gasteiger partial charge in [-0.15, -0.1) is 0 Å². The van der Waals surface area contributed by atoms with Crippen LogP contribution in [-0.2, 0) is 20.1 Å². The quantitative estimate of drug-likeness (QED) is 0.763. The average Bonchev–Trinajstić information content (AvgIpc) is 2.54. The molecule has 5 heteroatoms. The first kappa shape index (κ1) is 10.0. The van der Waals surface area contributed by atoms with Crippen molar-refractivity contribution in [1.29, 1.82) is 0 Å². The van der Waals surface area contributed by atoms with E-state index in [-0.39, 0.29) is 20.1 Å². The van der Waals surface area contributed by atoms with Crippen molar-refractivity contribution < 1.29 is 20.1 Å². The molecule has 2 aromatic heterocycles. The molecule has 69 valence electrons. The second-order valence-corrected chi connectivity index (χ2v) is 2.40. The summed E-state index contributed by atoms with van der Waals surface area (Å²) >= 11 is 0. The van der Waals surface area contributed by atoms with Crippen LogP contribution in [0.3, 0.4) is 0 Å². The van der Waals surface area contributed by atoms with Crippen LogP contribution in [0.5, 0.6) is 0 Å². The van der Waals surface area contributed by atoms with Gasteiger partial charge < -0.3 is 10.1 Å². The van der Waals surface area contributed by atoms with E-state index in [1.54, 1.807) is 13.1 Å². The Labute approximate surface area is 89.2 Å². The van der Waals surface area contributed by atoms with Crippen molar-refractivity contribution in [1.82, 2.24) is 20.2 Å². The summed E-state index contributed by atoms with van der Waals surface area (Å²) in [7, 11) is 0. The van der Waals surface area contributed by atoms with E-state index in [9.17, 15) is 0 Å². The minimum atomic E-state index is 0. The molecule has 0 unspecified atom stereocenters. The predicted molar refractivity (Wildman–Crippen MR) is 43.3 cm³/mol. The van der Waals surface area contributed by atoms with Crippen molar-refractivity contribution in [3.8, 4) is 11.5 Å². The van der Waals surface area contributed by atoms with Gasteiger partial charge in [-0.3, -0.25) is 10.1 Å². The van der Waals surface area contributed by atoms with Gasteiger partial charge in [0.15, 0.2) is 0 Å². The zero-order chi connectivity index (χ0) is 8.39. The van der Waals surface area contributed by atoms with Crippen LogP contribution in [0.25, 0.3) is 11.5 Å². The molecule has 0 bridgehead atoms. The summed E-state index contributed by atoms with van der Waals surface area (Å²) in [6.45, 7) is 1.80. The van der Waals surface area contributed by atoms with Gasteiger partial charge in [0.2, 0.25) is 0 Å². The summed E-state index contributed by atoms with van der Waals surface area (Å²) in [4.78, 5) is 8.19. The Bertz CT molecular complexity index is 371. The van der Waals surface area contributed by atoms with Crippen LogP contribution < -0.4 is 5.10 Å². The van der Waals surface area contributed by atoms with Crippen LogP contribution in [0.1, 0.15) is 5.82 Å². The minimum Gasteiger partial charge on any atom is -0.421 e. The van der Waals surface area contributed by atoms with E-state index < -0.39 is 0 Å². The summed E-state index contributed by atoms with van der Waals surface area (Å²) in [6, 6.07) is 5.61. The predicted octanol–water partition coefficient (Wildman–Crippen LogP) is 0.802. The van der Waals surface area contributed by atoms with Crippen molar-refractivity contribution >= 4 is 0 Å². The topological polar surface area (TPSA) is 52.8 Å². The van der Waals surface area contributed by atoms with E-state index in [2.05, 4.69) is 20.2 Å². The Hall–Kier alpha value is -1.06. The first-order chi connectivity index (χ1) is 5.86. The number of aromatic nitrogens is 4. The Morgan fingerprint density at radius 1 is 1.31 bits per heavy atom. The number of nitrogens with zero attached hydrogens (tertiary/aromatic N) is 4. The molecule has 2 rings (SSSR count). The molecule has 1 radical (unpaired) electrons. The summed E-state index contributed by atoms with van der Waals surface area (Å²) < 4.78 is 0. The molecule has 0 saturated heterocycles. The fourth-order valence-corrected chi connectivity index (χ4v) is 0.921. The van der Waals surface area contributed by atoms with Crippen LogP contribution in [0, 0.1) is 6.92 Å². The van der Waals surface area contributed by atoms with Gasteiger partial charge in [0.1, 0.15) is 0 Å². The Balaban J connectivity index is 0.000000845. The Morgan fingerprint density at radius 2 is 2.15 bits per heavy atom. The van der Waals surface area contributed by atoms with Crippen LogP contribution in [0.2, 0.25) is 0 Å². The molecule has 0 aromatic carbocycles. The van der Waals surface area contributed by atoms with Crippen LogP contribution in [0.4, 0.5) is 0 Å². The zero-order valence-electron chi connectivity index (χ0n) is 6.93. The third kappa shape index (κ3) is 2.20. The molecular formula is C8H7IrN4-. The maximum Gasteiger partial charge on any atom is 0.0634 e. The van der Waals surface area contributed by atoms with Gasteiger partial charge in [-0.25, -0.2) is 0 Å². The standard InChI is InChI=1S/C8H7N4.Ir/c1-6-10-8(12-11-6)7-4-2-3-5-9-7;/h2-5H,1H3;/q-1;. The van der Waals surface area contributed by atoms with Crippen molar-refractivity contribution in [3.05, 3.63) is 30.2 Å². The van der Waals surface area contributed by atoms with E-state index in [1.807, 2.05) is 18.2 Å². The van der Waals surface area contributed by atoms with Gasteiger partial charge in [0, 0.05) is 32.1 Å². The van der Waals surface area contributed by atoms with Crippen molar-refractivity contribution in [2.45, 2.75) is 6.92 Å². The molecule has 2 aromatic rings. The molecule has 0 atom stereocenters. The number of hydrogen-bond acceptors (Lipinski definition) is 3. The molecule has 0 aliphatic carbocycles. The largest absolute Gasteiger partial charge is 0.421 e. The van der Waals surface area contributed by atoms with Crippen molar-refractivity contribution in [2.75, 3.05) is 0 Å². The van der Waals surface area contributed by atoms with Crippen LogP contribution >= 0.6 is 0 Å². The average molecular weight is 351 g/mol. The molecule has 0 spiro atoms. The Kier molecular flexibility index (Phi) is 3.28. The molecule has 0 aliphatic rings.